The number of hydrogen-bond acceptors (Lipinski definition) is 5. The van der Waals surface area contributed by atoms with Crippen molar-refractivity contribution in [1.29, 1.82) is 0 Å². The van der Waals surface area contributed by atoms with E-state index >= 15 is 0 Å². The highest BCUT2D eigenvalue weighted by molar-refractivity contribution is 7.16. The summed E-state index contributed by atoms with van der Waals surface area (Å²) in [7, 11) is 0. The number of carbonyl (C=O) groups excluding carboxylic acids is 1. The average Bonchev–Trinajstić information content (AvgIpc) is 2.59. The van der Waals surface area contributed by atoms with Gasteiger partial charge in [0.15, 0.2) is 11.3 Å². The minimum atomic E-state index is -0.400. The maximum Gasteiger partial charge on any atom is 0.396 e. The van der Waals surface area contributed by atoms with Crippen molar-refractivity contribution in [2.24, 2.45) is 5.92 Å². The lowest BCUT2D eigenvalue weighted by atomic mass is 10.2. The predicted octanol–water partition coefficient (Wildman–Crippen LogP) is 2.42. The zero-order valence-electron chi connectivity index (χ0n) is 8.85. The summed E-state index contributed by atoms with van der Waals surface area (Å²) in [6.07, 6.45) is 0. The Morgan fingerprint density at radius 1 is 1.44 bits per heavy atom. The first-order chi connectivity index (χ1) is 7.58. The molecule has 5 heteroatoms. The summed E-state index contributed by atoms with van der Waals surface area (Å²) in [4.78, 5) is 22.1. The van der Waals surface area contributed by atoms with Crippen molar-refractivity contribution in [3.63, 3.8) is 0 Å². The molecule has 0 aliphatic carbocycles. The summed E-state index contributed by atoms with van der Waals surface area (Å²) >= 11 is 0.933. The van der Waals surface area contributed by atoms with Crippen LogP contribution in [0.25, 0.3) is 10.3 Å². The van der Waals surface area contributed by atoms with Crippen LogP contribution in [0.15, 0.2) is 27.4 Å². The quantitative estimate of drug-likeness (QED) is 0.595. The van der Waals surface area contributed by atoms with Crippen molar-refractivity contribution in [3.8, 4) is 5.75 Å². The fraction of sp³-hybridized carbons (Fsp3) is 0.273. The van der Waals surface area contributed by atoms with Crippen LogP contribution in [0.3, 0.4) is 0 Å². The largest absolute Gasteiger partial charge is 0.425 e. The lowest BCUT2D eigenvalue weighted by Gasteiger charge is -2.06. The van der Waals surface area contributed by atoms with Gasteiger partial charge in [-0.2, -0.15) is 0 Å². The zero-order valence-corrected chi connectivity index (χ0v) is 9.67. The minimum Gasteiger partial charge on any atom is -0.425 e. The van der Waals surface area contributed by atoms with E-state index < -0.39 is 4.94 Å². The molecule has 0 N–H and O–H groups in total. The van der Waals surface area contributed by atoms with E-state index in [4.69, 9.17) is 9.15 Å². The van der Waals surface area contributed by atoms with Gasteiger partial charge in [-0.3, -0.25) is 4.79 Å². The van der Waals surface area contributed by atoms with Gasteiger partial charge >= 0.3 is 10.9 Å². The molecule has 2 aromatic rings. The molecule has 0 fully saturated rings. The summed E-state index contributed by atoms with van der Waals surface area (Å²) in [5, 5.41) is 0. The Balaban J connectivity index is 2.44. The average molecular weight is 238 g/mol. The lowest BCUT2D eigenvalue weighted by Crippen LogP contribution is -2.14. The first-order valence-electron chi connectivity index (χ1n) is 4.82. The topological polar surface area (TPSA) is 56.5 Å². The maximum atomic E-state index is 11.4. The van der Waals surface area contributed by atoms with Crippen LogP contribution in [0.2, 0.25) is 0 Å². The Morgan fingerprint density at radius 3 is 2.88 bits per heavy atom. The van der Waals surface area contributed by atoms with Crippen molar-refractivity contribution in [2.45, 2.75) is 13.8 Å². The van der Waals surface area contributed by atoms with Crippen LogP contribution < -0.4 is 9.68 Å². The normalized spacial score (nSPS) is 10.9. The van der Waals surface area contributed by atoms with E-state index in [-0.39, 0.29) is 11.9 Å². The molecule has 1 heterocycles. The van der Waals surface area contributed by atoms with Crippen LogP contribution in [0, 0.1) is 5.92 Å². The Labute approximate surface area is 95.5 Å². The van der Waals surface area contributed by atoms with E-state index in [2.05, 4.69) is 0 Å². The van der Waals surface area contributed by atoms with Gasteiger partial charge in [0.25, 0.3) is 0 Å². The van der Waals surface area contributed by atoms with Crippen molar-refractivity contribution in [2.75, 3.05) is 0 Å². The highest BCUT2D eigenvalue weighted by atomic mass is 32.1. The van der Waals surface area contributed by atoms with Crippen molar-refractivity contribution < 1.29 is 13.9 Å². The Bertz CT molecular complexity index is 579. The monoisotopic (exact) mass is 238 g/mol. The third-order valence-corrected chi connectivity index (χ3v) is 2.86. The van der Waals surface area contributed by atoms with Gasteiger partial charge in [0, 0.05) is 0 Å². The number of ether oxygens (including phenoxy) is 1. The third kappa shape index (κ3) is 1.99. The molecular formula is C11H10O4S. The fourth-order valence-electron chi connectivity index (χ4n) is 1.18. The first kappa shape index (κ1) is 10.9. The number of fused-ring (bicyclic) bond motifs is 1. The van der Waals surface area contributed by atoms with E-state index in [0.717, 1.165) is 11.3 Å². The standard InChI is InChI=1S/C11H10O4S/c1-6(2)10(12)14-7-4-3-5-8-9(7)16-11(13)15-8/h3-6H,1-2H3. The number of rotatable bonds is 2. The number of carbonyl (C=O) groups is 1. The molecule has 4 nitrogen and oxygen atoms in total. The molecule has 84 valence electrons. The van der Waals surface area contributed by atoms with Gasteiger partial charge in [-0.25, -0.2) is 4.79 Å². The van der Waals surface area contributed by atoms with Crippen LogP contribution in [0.4, 0.5) is 0 Å². The maximum absolute atomic E-state index is 11.4. The zero-order chi connectivity index (χ0) is 11.7. The SMILES string of the molecule is CC(C)C(=O)Oc1cccc2oc(=O)sc12. The van der Waals surface area contributed by atoms with E-state index in [0.29, 0.717) is 16.0 Å². The summed E-state index contributed by atoms with van der Waals surface area (Å²) in [5.74, 6) is -0.153. The van der Waals surface area contributed by atoms with Gasteiger partial charge in [0.05, 0.1) is 5.92 Å². The van der Waals surface area contributed by atoms with Crippen LogP contribution in [-0.4, -0.2) is 5.97 Å². The highest BCUT2D eigenvalue weighted by Gasteiger charge is 2.14. The Kier molecular flexibility index (Phi) is 2.78. The van der Waals surface area contributed by atoms with E-state index in [9.17, 15) is 9.59 Å². The van der Waals surface area contributed by atoms with Gasteiger partial charge < -0.3 is 9.15 Å². The minimum absolute atomic E-state index is 0.209. The van der Waals surface area contributed by atoms with Gasteiger partial charge in [-0.05, 0) is 23.5 Å². The summed E-state index contributed by atoms with van der Waals surface area (Å²) < 4.78 is 10.7. The Hall–Kier alpha value is -1.62. The number of esters is 1. The molecule has 0 spiro atoms. The third-order valence-electron chi connectivity index (χ3n) is 2.00. The molecule has 0 atom stereocenters. The molecule has 1 aromatic carbocycles. The number of hydrogen-bond donors (Lipinski definition) is 0. The second-order valence-electron chi connectivity index (χ2n) is 3.61. The summed E-state index contributed by atoms with van der Waals surface area (Å²) in [5.41, 5.74) is 0.448. The molecule has 0 unspecified atom stereocenters. The Morgan fingerprint density at radius 2 is 2.19 bits per heavy atom. The second-order valence-corrected chi connectivity index (χ2v) is 4.56. The van der Waals surface area contributed by atoms with Crippen LogP contribution in [-0.2, 0) is 4.79 Å². The smallest absolute Gasteiger partial charge is 0.396 e. The number of benzene rings is 1. The molecular weight excluding hydrogens is 228 g/mol. The molecule has 2 rings (SSSR count). The van der Waals surface area contributed by atoms with Gasteiger partial charge in [0.1, 0.15) is 4.70 Å². The molecule has 0 aliphatic rings. The van der Waals surface area contributed by atoms with E-state index in [1.807, 2.05) is 0 Å². The fourth-order valence-corrected chi connectivity index (χ4v) is 1.90. The molecule has 16 heavy (non-hydrogen) atoms. The molecule has 0 bridgehead atoms. The van der Waals surface area contributed by atoms with Crippen LogP contribution >= 0.6 is 11.3 Å². The molecule has 0 radical (unpaired) electrons. The summed E-state index contributed by atoms with van der Waals surface area (Å²) in [6.45, 7) is 3.50. The molecule has 0 amide bonds. The van der Waals surface area contributed by atoms with Crippen molar-refractivity contribution in [1.82, 2.24) is 0 Å². The summed E-state index contributed by atoms with van der Waals surface area (Å²) in [6, 6.07) is 4.99. The van der Waals surface area contributed by atoms with Crippen molar-refractivity contribution >= 4 is 27.6 Å². The van der Waals surface area contributed by atoms with Gasteiger partial charge in [0.2, 0.25) is 0 Å². The lowest BCUT2D eigenvalue weighted by molar-refractivity contribution is -0.137. The van der Waals surface area contributed by atoms with E-state index in [1.54, 1.807) is 32.0 Å². The second kappa shape index (κ2) is 4.09. The highest BCUT2D eigenvalue weighted by Crippen LogP contribution is 2.28. The van der Waals surface area contributed by atoms with E-state index in [1.165, 1.54) is 0 Å². The molecule has 0 saturated carbocycles. The molecule has 1 aromatic heterocycles. The van der Waals surface area contributed by atoms with Crippen LogP contribution in [0.1, 0.15) is 13.8 Å². The first-order valence-corrected chi connectivity index (χ1v) is 5.64. The predicted molar refractivity (Wildman–Crippen MR) is 60.8 cm³/mol. The van der Waals surface area contributed by atoms with Gasteiger partial charge in [-0.1, -0.05) is 19.9 Å². The van der Waals surface area contributed by atoms with Crippen molar-refractivity contribution in [3.05, 3.63) is 27.9 Å². The van der Waals surface area contributed by atoms with Crippen LogP contribution in [0.5, 0.6) is 5.75 Å². The van der Waals surface area contributed by atoms with Gasteiger partial charge in [-0.15, -0.1) is 0 Å². The molecule has 0 saturated heterocycles. The molecule has 0 aliphatic heterocycles.